The van der Waals surface area contributed by atoms with Crippen molar-refractivity contribution in [2.75, 3.05) is 59.3 Å². The van der Waals surface area contributed by atoms with Gasteiger partial charge in [0.15, 0.2) is 0 Å². The summed E-state index contributed by atoms with van der Waals surface area (Å²) in [6.45, 7) is 5.38. The number of anilines is 1. The minimum Gasteiger partial charge on any atom is -0.496 e. The van der Waals surface area contributed by atoms with Gasteiger partial charge in [0.2, 0.25) is 11.8 Å². The van der Waals surface area contributed by atoms with Gasteiger partial charge in [-0.3, -0.25) is 4.79 Å². The van der Waals surface area contributed by atoms with Crippen LogP contribution in [0.25, 0.3) is 22.2 Å². The fraction of sp³-hybridized carbons (Fsp3) is 0.480. The van der Waals surface area contributed by atoms with Crippen LogP contribution in [0.1, 0.15) is 7.85 Å². The Labute approximate surface area is 201 Å². The van der Waals surface area contributed by atoms with Gasteiger partial charge in [-0.2, -0.15) is 0 Å². The van der Waals surface area contributed by atoms with Crippen molar-refractivity contribution in [1.29, 1.82) is 0 Å². The molecule has 5 rings (SSSR count). The molecule has 9 heteroatoms. The smallest absolute Gasteiger partial charge is 0.228 e. The molecule has 0 unspecified atom stereocenters. The van der Waals surface area contributed by atoms with E-state index in [1.54, 1.807) is 26.6 Å². The number of fused-ring (bicyclic) bond motifs is 1. The van der Waals surface area contributed by atoms with Crippen LogP contribution in [0.4, 0.5) is 5.82 Å². The Morgan fingerprint density at radius 1 is 1.15 bits per heavy atom. The van der Waals surface area contributed by atoms with E-state index in [0.29, 0.717) is 23.4 Å². The van der Waals surface area contributed by atoms with Crippen molar-refractivity contribution in [1.82, 2.24) is 24.3 Å². The average Bonchev–Trinajstić information content (AvgIpc) is 3.55. The van der Waals surface area contributed by atoms with Gasteiger partial charge < -0.3 is 29.2 Å². The van der Waals surface area contributed by atoms with E-state index in [1.807, 2.05) is 29.8 Å². The lowest BCUT2D eigenvalue weighted by Gasteiger charge is -2.32. The van der Waals surface area contributed by atoms with Crippen LogP contribution < -0.4 is 14.8 Å². The number of nitrogens with zero attached hydrogens (tertiary/aromatic N) is 5. The number of carbonyl (C=O) groups excluding carboxylic acids is 1. The van der Waals surface area contributed by atoms with Crippen molar-refractivity contribution in [3.8, 4) is 22.9 Å². The maximum Gasteiger partial charge on any atom is 0.228 e. The number of likely N-dealkylation sites (N-methyl/N-ethyl adjacent to an activating group) is 1. The van der Waals surface area contributed by atoms with Crippen molar-refractivity contribution in [3.05, 3.63) is 30.6 Å². The Bertz CT molecular complexity index is 1190. The zero-order chi connectivity index (χ0) is 23.8. The largest absolute Gasteiger partial charge is 0.496 e. The van der Waals surface area contributed by atoms with Crippen LogP contribution in [0.3, 0.4) is 0 Å². The van der Waals surface area contributed by atoms with E-state index in [4.69, 9.17) is 9.47 Å². The molecule has 0 bridgehead atoms. The van der Waals surface area contributed by atoms with Gasteiger partial charge in [-0.05, 0) is 37.6 Å². The molecule has 3 aromatic rings. The SMILES string of the molecule is COc1ccnc(OC)c1-c1cc2cc(NC(=O)[C@@H]3C[C@H]3CN3CCN(C)CC3)ncc2n1C.[HH]. The zero-order valence-electron chi connectivity index (χ0n) is 20.2. The van der Waals surface area contributed by atoms with Gasteiger partial charge in [-0.25, -0.2) is 9.97 Å². The Morgan fingerprint density at radius 2 is 1.94 bits per heavy atom. The monoisotopic (exact) mass is 466 g/mol. The predicted molar refractivity (Wildman–Crippen MR) is 133 cm³/mol. The molecule has 182 valence electrons. The number of piperazine rings is 1. The van der Waals surface area contributed by atoms with Crippen LogP contribution in [0.15, 0.2) is 30.6 Å². The second kappa shape index (κ2) is 9.23. The average molecular weight is 467 g/mol. The molecule has 1 N–H and O–H groups in total. The molecule has 9 nitrogen and oxygen atoms in total. The lowest BCUT2D eigenvalue weighted by Crippen LogP contribution is -2.45. The first-order valence-corrected chi connectivity index (χ1v) is 11.7. The number of methoxy groups -OCH3 is 2. The molecule has 1 amide bonds. The molecule has 1 saturated heterocycles. The van der Waals surface area contributed by atoms with Gasteiger partial charge in [0.25, 0.3) is 0 Å². The molecule has 2 atom stereocenters. The molecule has 1 aliphatic carbocycles. The second-order valence-corrected chi connectivity index (χ2v) is 9.31. The highest BCUT2D eigenvalue weighted by atomic mass is 16.5. The number of aryl methyl sites for hydroxylation is 1. The van der Waals surface area contributed by atoms with Gasteiger partial charge in [-0.15, -0.1) is 0 Å². The van der Waals surface area contributed by atoms with Gasteiger partial charge in [-0.1, -0.05) is 0 Å². The number of aromatic nitrogens is 3. The first-order chi connectivity index (χ1) is 16.5. The van der Waals surface area contributed by atoms with Crippen LogP contribution in [0.2, 0.25) is 0 Å². The molecule has 0 radical (unpaired) electrons. The minimum atomic E-state index is 0. The third-order valence-electron chi connectivity index (χ3n) is 7.08. The standard InChI is InChI=1S/C25H32N6O3.H2/c1-29-7-9-31(10-8-29)15-17-11-18(17)24(32)28-22-13-16-12-19(30(2)20(16)14-27-22)23-21(33-3)5-6-26-25(23)34-4;/h5-6,12-14,17-18H,7-11,15H2,1-4H3,(H,27,28,32);1H/t17-,18+;/m0./s1. The van der Waals surface area contributed by atoms with E-state index in [1.165, 1.54) is 0 Å². The van der Waals surface area contributed by atoms with Gasteiger partial charge in [0.05, 0.1) is 31.6 Å². The summed E-state index contributed by atoms with van der Waals surface area (Å²) < 4.78 is 13.1. The quantitative estimate of drug-likeness (QED) is 0.573. The molecule has 1 saturated carbocycles. The molecule has 0 spiro atoms. The Kier molecular flexibility index (Phi) is 6.14. The first kappa shape index (κ1) is 22.6. The number of ether oxygens (including phenoxy) is 2. The first-order valence-electron chi connectivity index (χ1n) is 11.7. The lowest BCUT2D eigenvalue weighted by molar-refractivity contribution is -0.117. The second-order valence-electron chi connectivity index (χ2n) is 9.31. The third-order valence-corrected chi connectivity index (χ3v) is 7.08. The van der Waals surface area contributed by atoms with Crippen molar-refractivity contribution >= 4 is 22.6 Å². The van der Waals surface area contributed by atoms with Crippen LogP contribution in [-0.4, -0.2) is 84.2 Å². The van der Waals surface area contributed by atoms with Crippen LogP contribution in [0, 0.1) is 11.8 Å². The van der Waals surface area contributed by atoms with Crippen molar-refractivity contribution in [2.45, 2.75) is 6.42 Å². The number of hydrogen-bond acceptors (Lipinski definition) is 7. The van der Waals surface area contributed by atoms with Crippen LogP contribution >= 0.6 is 0 Å². The van der Waals surface area contributed by atoms with E-state index in [-0.39, 0.29) is 13.3 Å². The van der Waals surface area contributed by atoms with Crippen molar-refractivity contribution in [2.24, 2.45) is 18.9 Å². The summed E-state index contributed by atoms with van der Waals surface area (Å²) in [6.07, 6.45) is 4.41. The number of pyridine rings is 2. The fourth-order valence-electron chi connectivity index (χ4n) is 4.88. The molecular weight excluding hydrogens is 432 g/mol. The van der Waals surface area contributed by atoms with Gasteiger partial charge in [0, 0.05) is 58.7 Å². The van der Waals surface area contributed by atoms with Gasteiger partial charge in [0.1, 0.15) is 17.1 Å². The highest BCUT2D eigenvalue weighted by Crippen LogP contribution is 2.41. The Hall–Kier alpha value is -3.17. The van der Waals surface area contributed by atoms with E-state index < -0.39 is 0 Å². The highest BCUT2D eigenvalue weighted by Gasteiger charge is 2.44. The summed E-state index contributed by atoms with van der Waals surface area (Å²) in [6, 6.07) is 5.78. The Balaban J connectivity index is 0.00000289. The zero-order valence-corrected chi connectivity index (χ0v) is 20.2. The molecule has 2 aliphatic rings. The summed E-state index contributed by atoms with van der Waals surface area (Å²) in [7, 11) is 7.35. The fourth-order valence-corrected chi connectivity index (χ4v) is 4.88. The van der Waals surface area contributed by atoms with E-state index in [9.17, 15) is 4.79 Å². The number of amides is 1. The summed E-state index contributed by atoms with van der Waals surface area (Å²) in [4.78, 5) is 26.5. The highest BCUT2D eigenvalue weighted by molar-refractivity contribution is 5.96. The molecule has 1 aliphatic heterocycles. The van der Waals surface area contributed by atoms with Crippen molar-refractivity contribution < 1.29 is 15.7 Å². The maximum absolute atomic E-state index is 12.9. The van der Waals surface area contributed by atoms with E-state index in [0.717, 1.165) is 61.3 Å². The summed E-state index contributed by atoms with van der Waals surface area (Å²) in [5, 5.41) is 4.01. The summed E-state index contributed by atoms with van der Waals surface area (Å²) >= 11 is 0. The topological polar surface area (TPSA) is 84.8 Å². The van der Waals surface area contributed by atoms with Crippen LogP contribution in [0.5, 0.6) is 11.6 Å². The normalized spacial score (nSPS) is 20.9. The van der Waals surface area contributed by atoms with Crippen molar-refractivity contribution in [3.63, 3.8) is 0 Å². The van der Waals surface area contributed by atoms with E-state index in [2.05, 4.69) is 32.1 Å². The molecular formula is C25H34N6O3. The molecule has 3 aromatic heterocycles. The number of nitrogens with one attached hydrogen (secondary N) is 1. The molecule has 0 aromatic carbocycles. The number of carbonyl (C=O) groups is 1. The predicted octanol–water partition coefficient (Wildman–Crippen LogP) is 2.72. The molecule has 2 fully saturated rings. The maximum atomic E-state index is 12.9. The molecule has 34 heavy (non-hydrogen) atoms. The summed E-state index contributed by atoms with van der Waals surface area (Å²) in [5.74, 6) is 2.34. The minimum absolute atomic E-state index is 0. The van der Waals surface area contributed by atoms with Gasteiger partial charge >= 0.3 is 0 Å². The number of rotatable bonds is 7. The summed E-state index contributed by atoms with van der Waals surface area (Å²) in [5.41, 5.74) is 2.62. The van der Waals surface area contributed by atoms with Crippen LogP contribution in [-0.2, 0) is 11.8 Å². The third kappa shape index (κ3) is 4.33. The number of hydrogen-bond donors (Lipinski definition) is 1. The Morgan fingerprint density at radius 3 is 2.68 bits per heavy atom. The van der Waals surface area contributed by atoms with E-state index >= 15 is 0 Å². The lowest BCUT2D eigenvalue weighted by atomic mass is 10.1. The molecule has 4 heterocycles.